The predicted molar refractivity (Wildman–Crippen MR) is 104 cm³/mol. The smallest absolute Gasteiger partial charge is 0.344 e. The summed E-state index contributed by atoms with van der Waals surface area (Å²) in [6, 6.07) is 7.89. The van der Waals surface area contributed by atoms with Gasteiger partial charge in [-0.3, -0.25) is 4.79 Å². The van der Waals surface area contributed by atoms with Crippen LogP contribution in [0.5, 0.6) is 11.5 Å². The summed E-state index contributed by atoms with van der Waals surface area (Å²) in [7, 11) is 1.47. The van der Waals surface area contributed by atoms with Gasteiger partial charge in [0.15, 0.2) is 24.2 Å². The second-order valence-corrected chi connectivity index (χ2v) is 5.94. The van der Waals surface area contributed by atoms with Gasteiger partial charge in [0.1, 0.15) is 11.6 Å². The van der Waals surface area contributed by atoms with E-state index < -0.39 is 36.2 Å². The Hall–Kier alpha value is -3.42. The zero-order valence-corrected chi connectivity index (χ0v) is 16.2. The third-order valence-electron chi connectivity index (χ3n) is 3.76. The maximum absolute atomic E-state index is 13.6. The van der Waals surface area contributed by atoms with Gasteiger partial charge < -0.3 is 19.5 Å². The largest absolute Gasteiger partial charge is 0.493 e. The van der Waals surface area contributed by atoms with E-state index >= 15 is 0 Å². The Kier molecular flexibility index (Phi) is 7.70. The first-order chi connectivity index (χ1) is 13.8. The van der Waals surface area contributed by atoms with Gasteiger partial charge in [-0.1, -0.05) is 18.2 Å². The van der Waals surface area contributed by atoms with Crippen LogP contribution in [0.2, 0.25) is 0 Å². The number of carbonyl (C=O) groups excluding carboxylic acids is 2. The maximum Gasteiger partial charge on any atom is 0.344 e. The van der Waals surface area contributed by atoms with Gasteiger partial charge in [0.2, 0.25) is 0 Å². The van der Waals surface area contributed by atoms with E-state index in [0.29, 0.717) is 17.6 Å². The fourth-order valence-corrected chi connectivity index (χ4v) is 2.35. The standard InChI is InChI=1S/C21H21F2NO5/c1-4-5-14-6-9-18(19(10-14)27-3)28-12-20(25)29-13(2)21(26)24-17-8-7-15(22)11-16(17)23/h4-11,13H,12H2,1-3H3,(H,24,26)/b5-4+/t13-/m0/s1. The first kappa shape index (κ1) is 21.9. The van der Waals surface area contributed by atoms with Crippen LogP contribution in [-0.4, -0.2) is 31.7 Å². The summed E-state index contributed by atoms with van der Waals surface area (Å²) < 4.78 is 42.1. The van der Waals surface area contributed by atoms with E-state index in [1.165, 1.54) is 14.0 Å². The molecule has 0 heterocycles. The van der Waals surface area contributed by atoms with Gasteiger partial charge >= 0.3 is 5.97 Å². The highest BCUT2D eigenvalue weighted by Gasteiger charge is 2.20. The minimum Gasteiger partial charge on any atom is -0.493 e. The lowest BCUT2D eigenvalue weighted by Crippen LogP contribution is -2.32. The van der Waals surface area contributed by atoms with Crippen LogP contribution in [0.1, 0.15) is 19.4 Å². The molecule has 0 radical (unpaired) electrons. The van der Waals surface area contributed by atoms with Crippen LogP contribution in [0.25, 0.3) is 6.08 Å². The number of carbonyl (C=O) groups is 2. The van der Waals surface area contributed by atoms with E-state index in [1.807, 2.05) is 19.1 Å². The molecule has 2 rings (SSSR count). The number of rotatable bonds is 8. The number of hydrogen-bond donors (Lipinski definition) is 1. The van der Waals surface area contributed by atoms with Gasteiger partial charge in [-0.25, -0.2) is 13.6 Å². The van der Waals surface area contributed by atoms with Crippen molar-refractivity contribution in [3.05, 3.63) is 59.7 Å². The molecule has 0 unspecified atom stereocenters. The molecule has 0 spiro atoms. The number of esters is 1. The van der Waals surface area contributed by atoms with Crippen molar-refractivity contribution < 1.29 is 32.6 Å². The Morgan fingerprint density at radius 3 is 2.55 bits per heavy atom. The predicted octanol–water partition coefficient (Wildman–Crippen LogP) is 3.96. The van der Waals surface area contributed by atoms with Gasteiger partial charge in [0.25, 0.3) is 5.91 Å². The van der Waals surface area contributed by atoms with Crippen LogP contribution in [0.15, 0.2) is 42.5 Å². The van der Waals surface area contributed by atoms with Crippen molar-refractivity contribution in [1.29, 1.82) is 0 Å². The minimum atomic E-state index is -1.21. The zero-order valence-electron chi connectivity index (χ0n) is 16.2. The van der Waals surface area contributed by atoms with Gasteiger partial charge in [-0.15, -0.1) is 0 Å². The highest BCUT2D eigenvalue weighted by Crippen LogP contribution is 2.28. The first-order valence-corrected chi connectivity index (χ1v) is 8.73. The summed E-state index contributed by atoms with van der Waals surface area (Å²) in [5.41, 5.74) is 0.680. The molecule has 0 bridgehead atoms. The van der Waals surface area contributed by atoms with E-state index in [1.54, 1.807) is 18.2 Å². The van der Waals surface area contributed by atoms with Crippen molar-refractivity contribution >= 4 is 23.6 Å². The summed E-state index contributed by atoms with van der Waals surface area (Å²) in [5, 5.41) is 2.23. The monoisotopic (exact) mass is 405 g/mol. The van der Waals surface area contributed by atoms with Crippen molar-refractivity contribution in [3.8, 4) is 11.5 Å². The van der Waals surface area contributed by atoms with Crippen LogP contribution in [-0.2, 0) is 14.3 Å². The molecule has 6 nitrogen and oxygen atoms in total. The van der Waals surface area contributed by atoms with E-state index in [2.05, 4.69) is 5.32 Å². The molecular weight excluding hydrogens is 384 g/mol. The molecule has 1 N–H and O–H groups in total. The molecule has 1 amide bonds. The quantitative estimate of drug-likeness (QED) is 0.673. The molecule has 154 valence electrons. The molecule has 0 aliphatic rings. The van der Waals surface area contributed by atoms with Crippen LogP contribution >= 0.6 is 0 Å². The molecule has 8 heteroatoms. The number of anilines is 1. The van der Waals surface area contributed by atoms with Gasteiger partial charge in [0, 0.05) is 6.07 Å². The molecular formula is C21H21F2NO5. The summed E-state index contributed by atoms with van der Waals surface area (Å²) in [5.74, 6) is -2.50. The minimum absolute atomic E-state index is 0.221. The van der Waals surface area contributed by atoms with E-state index in [0.717, 1.165) is 17.7 Å². The summed E-state index contributed by atoms with van der Waals surface area (Å²) in [6.07, 6.45) is 2.54. The molecule has 0 saturated carbocycles. The molecule has 1 atom stereocenters. The molecule has 2 aromatic carbocycles. The highest BCUT2D eigenvalue weighted by molar-refractivity contribution is 5.95. The number of benzene rings is 2. The molecule has 0 saturated heterocycles. The van der Waals surface area contributed by atoms with E-state index in [-0.39, 0.29) is 5.69 Å². The number of allylic oxidation sites excluding steroid dienone is 1. The number of nitrogens with one attached hydrogen (secondary N) is 1. The number of methoxy groups -OCH3 is 1. The molecule has 0 fully saturated rings. The number of ether oxygens (including phenoxy) is 3. The van der Waals surface area contributed by atoms with Crippen molar-refractivity contribution in [2.24, 2.45) is 0 Å². The Labute approximate surface area is 167 Å². The molecule has 2 aromatic rings. The average Bonchev–Trinajstić information content (AvgIpc) is 2.69. The molecule has 0 aliphatic heterocycles. The van der Waals surface area contributed by atoms with Crippen LogP contribution < -0.4 is 14.8 Å². The molecule has 0 aromatic heterocycles. The number of halogens is 2. The SMILES string of the molecule is C/C=C/c1ccc(OCC(=O)O[C@@H](C)C(=O)Nc2ccc(F)cc2F)c(OC)c1. The second-order valence-electron chi connectivity index (χ2n) is 5.94. The van der Waals surface area contributed by atoms with Crippen molar-refractivity contribution in [2.75, 3.05) is 19.0 Å². The second kappa shape index (κ2) is 10.2. The van der Waals surface area contributed by atoms with Crippen molar-refractivity contribution in [3.63, 3.8) is 0 Å². The van der Waals surface area contributed by atoms with Crippen molar-refractivity contribution in [1.82, 2.24) is 0 Å². The Morgan fingerprint density at radius 2 is 1.90 bits per heavy atom. The van der Waals surface area contributed by atoms with Gasteiger partial charge in [-0.05, 0) is 43.7 Å². The maximum atomic E-state index is 13.6. The fraction of sp³-hybridized carbons (Fsp3) is 0.238. The normalized spacial score (nSPS) is 11.8. The fourth-order valence-electron chi connectivity index (χ4n) is 2.35. The van der Waals surface area contributed by atoms with Crippen molar-refractivity contribution in [2.45, 2.75) is 20.0 Å². The zero-order chi connectivity index (χ0) is 21.4. The highest BCUT2D eigenvalue weighted by atomic mass is 19.1. The average molecular weight is 405 g/mol. The lowest BCUT2D eigenvalue weighted by molar-refractivity contribution is -0.155. The molecule has 0 aliphatic carbocycles. The third kappa shape index (κ3) is 6.31. The lowest BCUT2D eigenvalue weighted by atomic mass is 10.2. The Bertz CT molecular complexity index is 914. The Morgan fingerprint density at radius 1 is 1.14 bits per heavy atom. The van der Waals surface area contributed by atoms with Crippen LogP contribution in [0, 0.1) is 11.6 Å². The van der Waals surface area contributed by atoms with Crippen LogP contribution in [0.4, 0.5) is 14.5 Å². The third-order valence-corrected chi connectivity index (χ3v) is 3.76. The Balaban J connectivity index is 1.90. The van der Waals surface area contributed by atoms with Gasteiger partial charge in [-0.2, -0.15) is 0 Å². The summed E-state index contributed by atoms with van der Waals surface area (Å²) >= 11 is 0. The van der Waals surface area contributed by atoms with E-state index in [4.69, 9.17) is 14.2 Å². The summed E-state index contributed by atoms with van der Waals surface area (Å²) in [4.78, 5) is 24.0. The van der Waals surface area contributed by atoms with E-state index in [9.17, 15) is 18.4 Å². The number of amides is 1. The number of hydrogen-bond acceptors (Lipinski definition) is 5. The lowest BCUT2D eigenvalue weighted by Gasteiger charge is -2.15. The van der Waals surface area contributed by atoms with Gasteiger partial charge in [0.05, 0.1) is 12.8 Å². The van der Waals surface area contributed by atoms with Crippen LogP contribution in [0.3, 0.4) is 0 Å². The summed E-state index contributed by atoms with van der Waals surface area (Å²) in [6.45, 7) is 2.75. The topological polar surface area (TPSA) is 73.9 Å². The molecule has 29 heavy (non-hydrogen) atoms. The first-order valence-electron chi connectivity index (χ1n) is 8.73.